The van der Waals surface area contributed by atoms with Crippen LogP contribution in [-0.4, -0.2) is 23.8 Å². The molecule has 1 heterocycles. The summed E-state index contributed by atoms with van der Waals surface area (Å²) in [4.78, 5) is 3.98. The molecule has 0 radical (unpaired) electrons. The third kappa shape index (κ3) is 4.68. The van der Waals surface area contributed by atoms with E-state index in [1.807, 2.05) is 20.8 Å². The molecule has 0 saturated carbocycles. The first-order valence-electron chi connectivity index (χ1n) is 5.06. The lowest BCUT2D eigenvalue weighted by Gasteiger charge is -2.19. The number of aromatic nitrogens is 1. The van der Waals surface area contributed by atoms with Crippen molar-refractivity contribution >= 4 is 17.3 Å². The second-order valence-corrected chi connectivity index (χ2v) is 4.77. The van der Waals surface area contributed by atoms with Crippen molar-refractivity contribution in [2.75, 3.05) is 18.9 Å². The van der Waals surface area contributed by atoms with Gasteiger partial charge in [-0.2, -0.15) is 0 Å². The van der Waals surface area contributed by atoms with Crippen LogP contribution < -0.4 is 10.5 Å². The van der Waals surface area contributed by atoms with Gasteiger partial charge in [-0.05, 0) is 26.8 Å². The van der Waals surface area contributed by atoms with E-state index < -0.39 is 0 Å². The molecule has 0 fully saturated rings. The molecule has 0 amide bonds. The normalized spacial score (nSPS) is 11.5. The molecule has 1 aromatic heterocycles. The van der Waals surface area contributed by atoms with Crippen molar-refractivity contribution in [2.45, 2.75) is 26.4 Å². The maximum absolute atomic E-state index is 5.89. The first kappa shape index (κ1) is 13.1. The van der Waals surface area contributed by atoms with E-state index in [0.717, 1.165) is 0 Å². The zero-order chi connectivity index (χ0) is 12.2. The van der Waals surface area contributed by atoms with Gasteiger partial charge in [0.1, 0.15) is 11.6 Å². The number of pyridine rings is 1. The molecule has 16 heavy (non-hydrogen) atoms. The van der Waals surface area contributed by atoms with Crippen LogP contribution >= 0.6 is 11.6 Å². The van der Waals surface area contributed by atoms with Crippen molar-refractivity contribution in [2.24, 2.45) is 0 Å². The van der Waals surface area contributed by atoms with Gasteiger partial charge in [-0.1, -0.05) is 11.6 Å². The van der Waals surface area contributed by atoms with Crippen LogP contribution in [0.25, 0.3) is 0 Å². The molecule has 0 aromatic carbocycles. The Morgan fingerprint density at radius 3 is 2.62 bits per heavy atom. The summed E-state index contributed by atoms with van der Waals surface area (Å²) in [6.45, 7) is 6.87. The molecule has 0 spiro atoms. The number of hydrogen-bond acceptors (Lipinski definition) is 4. The van der Waals surface area contributed by atoms with E-state index in [-0.39, 0.29) is 5.60 Å². The van der Waals surface area contributed by atoms with Crippen LogP contribution in [0.1, 0.15) is 20.8 Å². The summed E-state index contributed by atoms with van der Waals surface area (Å²) >= 11 is 5.89. The SMILES string of the molecule is CC(C)(C)OCCOc1ncc(N)cc1Cl. The molecular formula is C11H17ClN2O2. The van der Waals surface area contributed by atoms with Gasteiger partial charge in [0, 0.05) is 0 Å². The molecule has 0 aliphatic rings. The highest BCUT2D eigenvalue weighted by Crippen LogP contribution is 2.23. The number of halogens is 1. The first-order chi connectivity index (χ1) is 7.38. The Labute approximate surface area is 101 Å². The molecule has 2 N–H and O–H groups in total. The molecule has 0 saturated heterocycles. The van der Waals surface area contributed by atoms with Gasteiger partial charge >= 0.3 is 0 Å². The number of nitrogens with zero attached hydrogens (tertiary/aromatic N) is 1. The van der Waals surface area contributed by atoms with Gasteiger partial charge in [-0.15, -0.1) is 0 Å². The van der Waals surface area contributed by atoms with Crippen molar-refractivity contribution in [3.63, 3.8) is 0 Å². The van der Waals surface area contributed by atoms with E-state index in [2.05, 4.69) is 4.98 Å². The fraction of sp³-hybridized carbons (Fsp3) is 0.545. The number of anilines is 1. The molecule has 0 atom stereocenters. The maximum atomic E-state index is 5.89. The molecule has 0 aliphatic heterocycles. The number of nitrogen functional groups attached to an aromatic ring is 1. The third-order valence-electron chi connectivity index (χ3n) is 1.69. The minimum Gasteiger partial charge on any atom is -0.474 e. The lowest BCUT2D eigenvalue weighted by atomic mass is 10.2. The van der Waals surface area contributed by atoms with Crippen molar-refractivity contribution < 1.29 is 9.47 Å². The quantitative estimate of drug-likeness (QED) is 0.827. The predicted octanol–water partition coefficient (Wildman–Crippen LogP) is 2.51. The lowest BCUT2D eigenvalue weighted by Crippen LogP contribution is -2.22. The fourth-order valence-corrected chi connectivity index (χ4v) is 1.26. The smallest absolute Gasteiger partial charge is 0.232 e. The minimum absolute atomic E-state index is 0.165. The second-order valence-electron chi connectivity index (χ2n) is 4.36. The standard InChI is InChI=1S/C11H17ClN2O2/c1-11(2,3)16-5-4-15-10-9(12)6-8(13)7-14-10/h6-7H,4-5,13H2,1-3H3. The Hall–Kier alpha value is -1.00. The number of ether oxygens (including phenoxy) is 2. The molecule has 0 bridgehead atoms. The van der Waals surface area contributed by atoms with Crippen LogP contribution in [0.5, 0.6) is 5.88 Å². The van der Waals surface area contributed by atoms with Gasteiger partial charge < -0.3 is 15.2 Å². The van der Waals surface area contributed by atoms with Crippen molar-refractivity contribution in [1.29, 1.82) is 0 Å². The van der Waals surface area contributed by atoms with Crippen molar-refractivity contribution in [3.8, 4) is 5.88 Å². The van der Waals surface area contributed by atoms with E-state index in [9.17, 15) is 0 Å². The van der Waals surface area contributed by atoms with Gasteiger partial charge in [-0.3, -0.25) is 0 Å². The van der Waals surface area contributed by atoms with E-state index in [1.165, 1.54) is 6.20 Å². The summed E-state index contributed by atoms with van der Waals surface area (Å²) in [6.07, 6.45) is 1.51. The number of rotatable bonds is 4. The first-order valence-corrected chi connectivity index (χ1v) is 5.44. The Morgan fingerprint density at radius 2 is 2.06 bits per heavy atom. The molecule has 0 aliphatic carbocycles. The Bertz CT molecular complexity index is 350. The van der Waals surface area contributed by atoms with Crippen LogP contribution in [-0.2, 0) is 4.74 Å². The van der Waals surface area contributed by atoms with Crippen LogP contribution in [0.15, 0.2) is 12.3 Å². The van der Waals surface area contributed by atoms with Crippen molar-refractivity contribution in [1.82, 2.24) is 4.98 Å². The van der Waals surface area contributed by atoms with E-state index in [1.54, 1.807) is 6.07 Å². The highest BCUT2D eigenvalue weighted by molar-refractivity contribution is 6.32. The van der Waals surface area contributed by atoms with Gasteiger partial charge in [0.25, 0.3) is 0 Å². The molecule has 0 unspecified atom stereocenters. The van der Waals surface area contributed by atoms with E-state index in [4.69, 9.17) is 26.8 Å². The molecule has 90 valence electrons. The summed E-state index contributed by atoms with van der Waals surface area (Å²) in [5.74, 6) is 0.383. The molecule has 1 rings (SSSR count). The number of hydrogen-bond donors (Lipinski definition) is 1. The van der Waals surface area contributed by atoms with Gasteiger partial charge in [-0.25, -0.2) is 4.98 Å². The van der Waals surface area contributed by atoms with Crippen LogP contribution in [0, 0.1) is 0 Å². The van der Waals surface area contributed by atoms with Gasteiger partial charge in [0.05, 0.1) is 24.1 Å². The largest absolute Gasteiger partial charge is 0.474 e. The zero-order valence-electron chi connectivity index (χ0n) is 9.79. The van der Waals surface area contributed by atoms with E-state index in [0.29, 0.717) is 29.8 Å². The molecule has 1 aromatic rings. The average Bonchev–Trinajstić information content (AvgIpc) is 2.13. The number of nitrogens with two attached hydrogens (primary N) is 1. The maximum Gasteiger partial charge on any atom is 0.232 e. The second kappa shape index (κ2) is 5.37. The Morgan fingerprint density at radius 1 is 1.38 bits per heavy atom. The monoisotopic (exact) mass is 244 g/mol. The zero-order valence-corrected chi connectivity index (χ0v) is 10.5. The predicted molar refractivity (Wildman–Crippen MR) is 64.9 cm³/mol. The van der Waals surface area contributed by atoms with Gasteiger partial charge in [0.2, 0.25) is 5.88 Å². The summed E-state index contributed by atoms with van der Waals surface area (Å²) in [7, 11) is 0. The Balaban J connectivity index is 2.38. The summed E-state index contributed by atoms with van der Waals surface area (Å²) in [5, 5.41) is 0.413. The highest BCUT2D eigenvalue weighted by atomic mass is 35.5. The Kier molecular flexibility index (Phi) is 4.38. The van der Waals surface area contributed by atoms with E-state index >= 15 is 0 Å². The average molecular weight is 245 g/mol. The van der Waals surface area contributed by atoms with Gasteiger partial charge in [0.15, 0.2) is 0 Å². The summed E-state index contributed by atoms with van der Waals surface area (Å²) in [5.41, 5.74) is 5.86. The summed E-state index contributed by atoms with van der Waals surface area (Å²) in [6, 6.07) is 1.61. The van der Waals surface area contributed by atoms with Crippen LogP contribution in [0.2, 0.25) is 5.02 Å². The van der Waals surface area contributed by atoms with Crippen LogP contribution in [0.3, 0.4) is 0 Å². The molecular weight excluding hydrogens is 228 g/mol. The molecule has 5 heteroatoms. The highest BCUT2D eigenvalue weighted by Gasteiger charge is 2.10. The molecule has 4 nitrogen and oxygen atoms in total. The third-order valence-corrected chi connectivity index (χ3v) is 1.96. The van der Waals surface area contributed by atoms with Crippen LogP contribution in [0.4, 0.5) is 5.69 Å². The minimum atomic E-state index is -0.165. The van der Waals surface area contributed by atoms with Crippen molar-refractivity contribution in [3.05, 3.63) is 17.3 Å². The topological polar surface area (TPSA) is 57.4 Å². The lowest BCUT2D eigenvalue weighted by molar-refractivity contribution is -0.0167. The fourth-order valence-electron chi connectivity index (χ4n) is 1.03. The summed E-state index contributed by atoms with van der Waals surface area (Å²) < 4.78 is 10.9.